The van der Waals surface area contributed by atoms with Crippen molar-refractivity contribution in [2.45, 2.75) is 38.5 Å². The first kappa shape index (κ1) is 14.8. The Labute approximate surface area is 114 Å². The van der Waals surface area contributed by atoms with Gasteiger partial charge in [-0.1, -0.05) is 41.6 Å². The van der Waals surface area contributed by atoms with Gasteiger partial charge in [-0.3, -0.25) is 0 Å². The van der Waals surface area contributed by atoms with E-state index in [1.54, 1.807) is 0 Å². The van der Waals surface area contributed by atoms with E-state index in [4.69, 9.17) is 0 Å². The summed E-state index contributed by atoms with van der Waals surface area (Å²) < 4.78 is 0. The Balaban J connectivity index is 2.43. The van der Waals surface area contributed by atoms with Gasteiger partial charge in [0, 0.05) is 24.2 Å². The van der Waals surface area contributed by atoms with Gasteiger partial charge in [-0.15, -0.1) is 0 Å². The lowest BCUT2D eigenvalue weighted by Crippen LogP contribution is -2.37. The van der Waals surface area contributed by atoms with E-state index in [1.165, 1.54) is 62.7 Å². The van der Waals surface area contributed by atoms with Gasteiger partial charge in [0.1, 0.15) is 0 Å². The second-order valence-electron chi connectivity index (χ2n) is 5.28. The maximum atomic E-state index is 3.77. The Morgan fingerprint density at radius 1 is 1.19 bits per heavy atom. The molecular formula is C13H26BrNS. The van der Waals surface area contributed by atoms with Crippen LogP contribution < -0.4 is 0 Å². The Hall–Kier alpha value is 0.790. The van der Waals surface area contributed by atoms with E-state index >= 15 is 0 Å². The zero-order valence-corrected chi connectivity index (χ0v) is 13.2. The van der Waals surface area contributed by atoms with E-state index in [-0.39, 0.29) is 0 Å². The molecule has 0 N–H and O–H groups in total. The number of hydrogen-bond donors (Lipinski definition) is 0. The van der Waals surface area contributed by atoms with Crippen molar-refractivity contribution < 1.29 is 0 Å². The van der Waals surface area contributed by atoms with Crippen molar-refractivity contribution in [1.82, 2.24) is 4.90 Å². The summed E-state index contributed by atoms with van der Waals surface area (Å²) in [6.07, 6.45) is 10.8. The van der Waals surface area contributed by atoms with Crippen molar-refractivity contribution in [1.29, 1.82) is 0 Å². The van der Waals surface area contributed by atoms with Gasteiger partial charge in [-0.05, 0) is 31.6 Å². The summed E-state index contributed by atoms with van der Waals surface area (Å²) in [5.74, 6) is 1.26. The highest BCUT2D eigenvalue weighted by Crippen LogP contribution is 2.37. The fourth-order valence-electron chi connectivity index (χ4n) is 2.71. The molecule has 1 nitrogen and oxygen atoms in total. The lowest BCUT2D eigenvalue weighted by molar-refractivity contribution is 0.182. The maximum absolute atomic E-state index is 3.77. The third-order valence-electron chi connectivity index (χ3n) is 3.73. The van der Waals surface area contributed by atoms with E-state index < -0.39 is 0 Å². The lowest BCUT2D eigenvalue weighted by Gasteiger charge is -2.35. The Morgan fingerprint density at radius 3 is 2.31 bits per heavy atom. The molecule has 96 valence electrons. The number of rotatable bonds is 6. The third kappa shape index (κ3) is 4.97. The molecule has 16 heavy (non-hydrogen) atoms. The minimum atomic E-state index is 0.559. The molecule has 0 aliphatic heterocycles. The van der Waals surface area contributed by atoms with Crippen LogP contribution >= 0.6 is 27.7 Å². The highest BCUT2D eigenvalue weighted by atomic mass is 79.9. The van der Waals surface area contributed by atoms with Gasteiger partial charge >= 0.3 is 0 Å². The molecule has 1 saturated carbocycles. The molecular weight excluding hydrogens is 282 g/mol. The highest BCUT2D eigenvalue weighted by Gasteiger charge is 2.30. The zero-order chi connectivity index (χ0) is 11.9. The molecule has 0 spiro atoms. The smallest absolute Gasteiger partial charge is 0.0100 e. The summed E-state index contributed by atoms with van der Waals surface area (Å²) in [4.78, 5) is 2.53. The number of alkyl halides is 1. The number of nitrogens with zero attached hydrogens (tertiary/aromatic N) is 1. The fourth-order valence-corrected chi connectivity index (χ4v) is 3.94. The van der Waals surface area contributed by atoms with Crippen molar-refractivity contribution >= 4 is 27.7 Å². The number of thioether (sulfide) groups is 1. The van der Waals surface area contributed by atoms with Crippen molar-refractivity contribution in [2.24, 2.45) is 5.41 Å². The molecule has 3 heteroatoms. The number of hydrogen-bond acceptors (Lipinski definition) is 2. The summed E-state index contributed by atoms with van der Waals surface area (Å²) in [5.41, 5.74) is 0.559. The van der Waals surface area contributed by atoms with Crippen molar-refractivity contribution in [3.05, 3.63) is 0 Å². The van der Waals surface area contributed by atoms with E-state index in [1.807, 2.05) is 11.8 Å². The van der Waals surface area contributed by atoms with E-state index in [2.05, 4.69) is 34.1 Å². The summed E-state index contributed by atoms with van der Waals surface area (Å²) in [6.45, 7) is 2.51. The van der Waals surface area contributed by atoms with Gasteiger partial charge in [0.2, 0.25) is 0 Å². The predicted molar refractivity (Wildman–Crippen MR) is 79.8 cm³/mol. The summed E-state index contributed by atoms with van der Waals surface area (Å²) >= 11 is 5.72. The van der Waals surface area contributed by atoms with Gasteiger partial charge in [0.15, 0.2) is 0 Å². The Bertz CT molecular complexity index is 179. The summed E-state index contributed by atoms with van der Waals surface area (Å²) in [6, 6.07) is 0. The van der Waals surface area contributed by atoms with Gasteiger partial charge in [0.25, 0.3) is 0 Å². The molecule has 0 aromatic carbocycles. The molecule has 0 bridgehead atoms. The fraction of sp³-hybridized carbons (Fsp3) is 1.00. The van der Waals surface area contributed by atoms with Crippen molar-refractivity contribution in [3.8, 4) is 0 Å². The maximum Gasteiger partial charge on any atom is 0.0100 e. The van der Waals surface area contributed by atoms with Crippen molar-refractivity contribution in [3.63, 3.8) is 0 Å². The summed E-state index contributed by atoms with van der Waals surface area (Å²) in [5, 5.41) is 1.18. The number of halogens is 1. The molecule has 0 amide bonds. The second-order valence-corrected chi connectivity index (χ2v) is 6.82. The third-order valence-corrected chi connectivity index (χ3v) is 5.51. The van der Waals surface area contributed by atoms with Crippen LogP contribution in [0, 0.1) is 5.41 Å². The molecule has 1 rings (SSSR count). The van der Waals surface area contributed by atoms with Crippen LogP contribution in [0.1, 0.15) is 38.5 Å². The average molecular weight is 308 g/mol. The molecule has 1 aliphatic rings. The van der Waals surface area contributed by atoms with Crippen LogP contribution in [0.2, 0.25) is 0 Å². The van der Waals surface area contributed by atoms with Crippen molar-refractivity contribution in [2.75, 3.05) is 37.5 Å². The van der Waals surface area contributed by atoms with E-state index in [0.717, 1.165) is 0 Å². The zero-order valence-electron chi connectivity index (χ0n) is 10.8. The normalized spacial score (nSPS) is 21.0. The van der Waals surface area contributed by atoms with Crippen LogP contribution in [0.5, 0.6) is 0 Å². The van der Waals surface area contributed by atoms with Crippen LogP contribution in [0.3, 0.4) is 0 Å². The molecule has 1 fully saturated rings. The van der Waals surface area contributed by atoms with Crippen LogP contribution in [0.15, 0.2) is 0 Å². The molecule has 0 radical (unpaired) electrons. The molecule has 0 unspecified atom stereocenters. The Kier molecular flexibility index (Phi) is 7.42. The molecule has 0 atom stereocenters. The van der Waals surface area contributed by atoms with Gasteiger partial charge < -0.3 is 4.90 Å². The first-order valence-corrected chi connectivity index (χ1v) is 8.97. The molecule has 0 heterocycles. The SMILES string of the molecule is CSCCN(C)CC1(CBr)CCCCCC1. The largest absolute Gasteiger partial charge is 0.305 e. The monoisotopic (exact) mass is 307 g/mol. The minimum absolute atomic E-state index is 0.559. The molecule has 0 aromatic rings. The second kappa shape index (κ2) is 7.99. The first-order chi connectivity index (χ1) is 7.72. The minimum Gasteiger partial charge on any atom is -0.305 e. The van der Waals surface area contributed by atoms with Crippen LogP contribution in [-0.4, -0.2) is 42.4 Å². The topological polar surface area (TPSA) is 3.24 Å². The van der Waals surface area contributed by atoms with Gasteiger partial charge in [0.05, 0.1) is 0 Å². The van der Waals surface area contributed by atoms with E-state index in [9.17, 15) is 0 Å². The standard InChI is InChI=1S/C13H26BrNS/c1-15(9-10-16-2)12-13(11-14)7-5-3-4-6-8-13/h3-12H2,1-2H3. The van der Waals surface area contributed by atoms with Gasteiger partial charge in [-0.25, -0.2) is 0 Å². The van der Waals surface area contributed by atoms with E-state index in [0.29, 0.717) is 5.41 Å². The predicted octanol–water partition coefficient (Wildman–Crippen LogP) is 4.02. The van der Waals surface area contributed by atoms with Crippen LogP contribution in [0.25, 0.3) is 0 Å². The highest BCUT2D eigenvalue weighted by molar-refractivity contribution is 9.09. The van der Waals surface area contributed by atoms with Crippen LogP contribution in [-0.2, 0) is 0 Å². The quantitative estimate of drug-likeness (QED) is 0.538. The lowest BCUT2D eigenvalue weighted by atomic mass is 9.82. The molecule has 0 saturated heterocycles. The molecule has 1 aliphatic carbocycles. The van der Waals surface area contributed by atoms with Crippen LogP contribution in [0.4, 0.5) is 0 Å². The average Bonchev–Trinajstić information content (AvgIpc) is 2.52. The summed E-state index contributed by atoms with van der Waals surface area (Å²) in [7, 11) is 2.28. The first-order valence-electron chi connectivity index (χ1n) is 6.46. The molecule has 0 aromatic heterocycles. The Morgan fingerprint density at radius 2 is 1.81 bits per heavy atom. The van der Waals surface area contributed by atoms with Gasteiger partial charge in [-0.2, -0.15) is 11.8 Å².